The van der Waals surface area contributed by atoms with E-state index in [4.69, 9.17) is 10.9 Å². The Kier molecular flexibility index (Phi) is 20.3. The van der Waals surface area contributed by atoms with Gasteiger partial charge in [-0.15, -0.1) is 0 Å². The van der Waals surface area contributed by atoms with Crippen molar-refractivity contribution in [2.75, 3.05) is 13.7 Å². The molecule has 170 valence electrons. The predicted molar refractivity (Wildman–Crippen MR) is 125 cm³/mol. The Bertz CT molecular complexity index is 452. The van der Waals surface area contributed by atoms with Gasteiger partial charge in [-0.3, -0.25) is 0 Å². The summed E-state index contributed by atoms with van der Waals surface area (Å²) in [6.07, 6.45) is 10.3. The molecule has 0 fully saturated rings. The topological polar surface area (TPSA) is 61.8 Å². The molecule has 5 nitrogen and oxygen atoms in total. The van der Waals surface area contributed by atoms with Gasteiger partial charge in [0.2, 0.25) is 0 Å². The number of methoxy groups -OCH3 is 1. The standard InChI is InChI=1S/C6H8O5.4C4H9.2Sn.2H/c1-11-3-4(6(9)10)2-5(7)8;4*1-3-4-2;;;;/h2H,3H2,1H3,(H,7,8)(H,9,10);4*1,3-4H2,2H3;;;;/q;;;;;2*+1;;/p-2/b4-2-;;;;;;;;. The first kappa shape index (κ1) is 29.2. The van der Waals surface area contributed by atoms with Gasteiger partial charge >= 0.3 is 195 Å². The monoisotopic (exact) mass is 628 g/mol. The van der Waals surface area contributed by atoms with E-state index < -0.39 is 40.3 Å². The van der Waals surface area contributed by atoms with Crippen LogP contribution in [0.2, 0.25) is 17.7 Å². The van der Waals surface area contributed by atoms with Crippen molar-refractivity contribution in [3.8, 4) is 0 Å². The number of carbonyl (C=O) groups excluding carboxylic acids is 2. The number of unbranched alkanes of at least 4 members (excludes halogenated alkanes) is 4. The van der Waals surface area contributed by atoms with Crippen molar-refractivity contribution in [3.63, 3.8) is 0 Å². The molecule has 0 spiro atoms. The van der Waals surface area contributed by atoms with E-state index in [1.807, 2.05) is 0 Å². The van der Waals surface area contributed by atoms with Crippen LogP contribution in [0.25, 0.3) is 0 Å². The van der Waals surface area contributed by atoms with Crippen LogP contribution in [0.4, 0.5) is 0 Å². The quantitative estimate of drug-likeness (QED) is 0.153. The third-order valence-electron chi connectivity index (χ3n) is 4.93. The van der Waals surface area contributed by atoms with E-state index in [0.29, 0.717) is 5.57 Å². The molecule has 0 amide bonds. The number of hydrogen-bond donors (Lipinski definition) is 0. The fraction of sp³-hybridized carbons (Fsp3) is 0.818. The first-order valence-corrected chi connectivity index (χ1v) is 23.6. The van der Waals surface area contributed by atoms with Crippen molar-refractivity contribution in [1.82, 2.24) is 0 Å². The fourth-order valence-electron chi connectivity index (χ4n) is 3.13. The molecule has 0 radical (unpaired) electrons. The first-order chi connectivity index (χ1) is 14.0. The van der Waals surface area contributed by atoms with Crippen LogP contribution >= 0.6 is 0 Å². The molecule has 0 aromatic heterocycles. The van der Waals surface area contributed by atoms with Crippen molar-refractivity contribution in [2.24, 2.45) is 0 Å². The van der Waals surface area contributed by atoms with E-state index in [9.17, 15) is 9.59 Å². The molecule has 0 saturated heterocycles. The van der Waals surface area contributed by atoms with Crippen LogP contribution in [-0.4, -0.2) is 66.0 Å². The van der Waals surface area contributed by atoms with Gasteiger partial charge in [-0.2, -0.15) is 0 Å². The van der Waals surface area contributed by atoms with Gasteiger partial charge < -0.3 is 0 Å². The van der Waals surface area contributed by atoms with Crippen LogP contribution in [0.1, 0.15) is 79.1 Å². The van der Waals surface area contributed by atoms with Crippen LogP contribution in [0.3, 0.4) is 0 Å². The van der Waals surface area contributed by atoms with Gasteiger partial charge in [-0.25, -0.2) is 0 Å². The van der Waals surface area contributed by atoms with E-state index in [2.05, 4.69) is 27.7 Å². The third kappa shape index (κ3) is 15.7. The molecular weight excluding hydrogens is 582 g/mol. The van der Waals surface area contributed by atoms with Gasteiger partial charge in [-0.05, 0) is 0 Å². The summed E-state index contributed by atoms with van der Waals surface area (Å²) in [5.41, 5.74) is 0.309. The van der Waals surface area contributed by atoms with Crippen LogP contribution in [-0.2, 0) is 20.5 Å². The van der Waals surface area contributed by atoms with Crippen molar-refractivity contribution in [1.29, 1.82) is 0 Å². The second kappa shape index (κ2) is 20.2. The molecule has 0 saturated carbocycles. The number of ether oxygens (including phenoxy) is 1. The molecule has 0 aliphatic carbocycles. The van der Waals surface area contributed by atoms with E-state index >= 15 is 0 Å². The van der Waals surface area contributed by atoms with E-state index in [1.54, 1.807) is 0 Å². The molecule has 0 N–H and O–H groups in total. The first-order valence-electron chi connectivity index (χ1n) is 11.6. The summed E-state index contributed by atoms with van der Waals surface area (Å²) in [4.78, 5) is 25.2. The summed E-state index contributed by atoms with van der Waals surface area (Å²) < 4.78 is 21.3. The molecule has 29 heavy (non-hydrogen) atoms. The molecule has 0 aliphatic heterocycles. The molecule has 0 bridgehead atoms. The molecule has 0 atom stereocenters. The molecule has 0 heterocycles. The van der Waals surface area contributed by atoms with Crippen molar-refractivity contribution in [2.45, 2.75) is 96.8 Å². The summed E-state index contributed by atoms with van der Waals surface area (Å²) in [7, 11) is 1.53. The van der Waals surface area contributed by atoms with E-state index in [1.165, 1.54) is 13.2 Å². The number of rotatable bonds is 18. The minimum atomic E-state index is -2.37. The zero-order valence-corrected chi connectivity index (χ0v) is 26.1. The summed E-state index contributed by atoms with van der Waals surface area (Å²) in [5.74, 6) is -0.721. The zero-order chi connectivity index (χ0) is 21.9. The molecule has 0 rings (SSSR count). The Morgan fingerprint density at radius 1 is 0.724 bits per heavy atom. The summed E-state index contributed by atoms with van der Waals surface area (Å²) in [6.45, 7) is 8.75. The van der Waals surface area contributed by atoms with Gasteiger partial charge in [0, 0.05) is 0 Å². The predicted octanol–water partition coefficient (Wildman–Crippen LogP) is 5.29. The van der Waals surface area contributed by atoms with E-state index in [-0.39, 0.29) is 18.5 Å². The normalized spacial score (nSPS) is 11.9. The second-order valence-corrected chi connectivity index (χ2v) is 22.8. The number of carbonyl (C=O) groups is 2. The average Bonchev–Trinajstić information content (AvgIpc) is 2.71. The van der Waals surface area contributed by atoms with Crippen molar-refractivity contribution >= 4 is 52.3 Å². The van der Waals surface area contributed by atoms with Crippen LogP contribution in [0.15, 0.2) is 11.6 Å². The van der Waals surface area contributed by atoms with Crippen LogP contribution in [0.5, 0.6) is 0 Å². The van der Waals surface area contributed by atoms with Gasteiger partial charge in [0.25, 0.3) is 0 Å². The summed E-state index contributed by atoms with van der Waals surface area (Å²) in [6, 6.07) is 0. The van der Waals surface area contributed by atoms with Gasteiger partial charge in [-0.1, -0.05) is 0 Å². The Labute approximate surface area is 193 Å². The maximum atomic E-state index is 12.7. The molecular formula is C22H44O5Sn2. The van der Waals surface area contributed by atoms with Gasteiger partial charge in [0.05, 0.1) is 0 Å². The van der Waals surface area contributed by atoms with Crippen molar-refractivity contribution in [3.05, 3.63) is 11.6 Å². The molecule has 0 aromatic carbocycles. The minimum absolute atomic E-state index is 0.0954. The second-order valence-electron chi connectivity index (χ2n) is 7.76. The maximum absolute atomic E-state index is 12.7. The summed E-state index contributed by atoms with van der Waals surface area (Å²) in [5, 5.41) is 0. The van der Waals surface area contributed by atoms with Crippen molar-refractivity contribution < 1.29 is 20.5 Å². The zero-order valence-electron chi connectivity index (χ0n) is 19.5. The molecule has 7 heteroatoms. The molecule has 0 aromatic rings. The van der Waals surface area contributed by atoms with Gasteiger partial charge in [0.1, 0.15) is 0 Å². The Balaban J connectivity index is 5.03. The third-order valence-corrected chi connectivity index (χ3v) is 20.1. The van der Waals surface area contributed by atoms with Gasteiger partial charge in [0.15, 0.2) is 0 Å². The molecule has 0 aliphatic rings. The SMILES string of the molecule is CCC[CH2][SnH]([CH2]CCC)[O]C(=O)/C=C(/COC)C(=O)[O][SnH]([CH2]CCC)[CH2]CCC. The van der Waals surface area contributed by atoms with E-state index in [0.717, 1.165) is 69.1 Å². The average molecular weight is 626 g/mol. The Morgan fingerprint density at radius 3 is 1.52 bits per heavy atom. The number of hydrogen-bond acceptors (Lipinski definition) is 5. The fourth-order valence-corrected chi connectivity index (χ4v) is 18.4. The van der Waals surface area contributed by atoms with Crippen LogP contribution in [0, 0.1) is 0 Å². The Morgan fingerprint density at radius 2 is 1.14 bits per heavy atom. The summed E-state index contributed by atoms with van der Waals surface area (Å²) >= 11 is -4.70. The van der Waals surface area contributed by atoms with Crippen LogP contribution < -0.4 is 0 Å². The molecule has 0 unspecified atom stereocenters. The Hall–Kier alpha value is 0.237.